The van der Waals surface area contributed by atoms with E-state index in [0.29, 0.717) is 0 Å². The van der Waals surface area contributed by atoms with Gasteiger partial charge in [0.15, 0.2) is 0 Å². The van der Waals surface area contributed by atoms with Crippen LogP contribution in [0.1, 0.15) is 0 Å². The van der Waals surface area contributed by atoms with Gasteiger partial charge in [-0.1, -0.05) is 18.2 Å². The van der Waals surface area contributed by atoms with Crippen molar-refractivity contribution in [3.05, 3.63) is 118 Å². The molecule has 0 saturated heterocycles. The van der Waals surface area contributed by atoms with Gasteiger partial charge in [0.1, 0.15) is 0 Å². The minimum atomic E-state index is 0. The normalized spacial score (nSPS) is 6.48. The molecule has 0 bridgehead atoms. The third kappa shape index (κ3) is 28.7. The van der Waals surface area contributed by atoms with Gasteiger partial charge in [-0.25, -0.2) is 0 Å². The predicted molar refractivity (Wildman–Crippen MR) is 104 cm³/mol. The van der Waals surface area contributed by atoms with Crippen molar-refractivity contribution in [1.82, 2.24) is 0 Å². The van der Waals surface area contributed by atoms with E-state index in [0.717, 1.165) is 5.69 Å². The van der Waals surface area contributed by atoms with E-state index >= 15 is 0 Å². The molecule has 25 heavy (non-hydrogen) atoms. The van der Waals surface area contributed by atoms with Crippen LogP contribution in [0, 0.1) is 27.0 Å². The van der Waals surface area contributed by atoms with Gasteiger partial charge < -0.3 is 26.3 Å². The molecule has 0 aromatic heterocycles. The molecule has 2 radical (unpaired) electrons. The maximum absolute atomic E-state index is 5.36. The van der Waals surface area contributed by atoms with Crippen LogP contribution >= 0.6 is 0 Å². The number of nitrogen functional groups attached to an aromatic ring is 1. The minimum absolute atomic E-state index is 0. The summed E-state index contributed by atoms with van der Waals surface area (Å²) in [6, 6.07) is 34.5. The summed E-state index contributed by atoms with van der Waals surface area (Å²) in [6.45, 7) is 0. The van der Waals surface area contributed by atoms with Crippen LogP contribution in [0.4, 0.5) is 5.69 Å². The van der Waals surface area contributed by atoms with Gasteiger partial charge in [0, 0.05) is 71.1 Å². The number of rotatable bonds is 0. The minimum Gasteiger partial charge on any atom is -0.399 e. The SMILES string of the molecule is CN.Nc1ccccc1.[CH3-].[CH3-].[Y].[Y].[c-]1ccccc1.[c-]1ccccc1. The summed E-state index contributed by atoms with van der Waals surface area (Å²) in [5.41, 5.74) is 10.7. The molecule has 0 heterocycles. The summed E-state index contributed by atoms with van der Waals surface area (Å²) in [6.07, 6.45) is 0. The second-order valence-corrected chi connectivity index (χ2v) is 3.57. The van der Waals surface area contributed by atoms with Crippen molar-refractivity contribution in [2.24, 2.45) is 5.73 Å². The molecule has 0 atom stereocenters. The van der Waals surface area contributed by atoms with Crippen LogP contribution in [0.25, 0.3) is 0 Å². The standard InChI is InChI=1S/C6H7N.2C6H5.CH5N.2CH3.2Y/c7-6-4-2-1-3-5-6;2*1-2-4-6-5-3-1;1-2;;;;/h1-5H,7H2;2*1-5H;2H2,1H3;2*1H3;;/q;2*-1;;2*-1;;. The van der Waals surface area contributed by atoms with Crippen molar-refractivity contribution < 1.29 is 65.4 Å². The van der Waals surface area contributed by atoms with E-state index in [9.17, 15) is 0 Å². The summed E-state index contributed by atoms with van der Waals surface area (Å²) < 4.78 is 0. The maximum atomic E-state index is 5.36. The van der Waals surface area contributed by atoms with E-state index < -0.39 is 0 Å². The Morgan fingerprint density at radius 3 is 0.960 bits per heavy atom. The van der Waals surface area contributed by atoms with Crippen molar-refractivity contribution in [3.8, 4) is 0 Å². The molecule has 3 aromatic rings. The summed E-state index contributed by atoms with van der Waals surface area (Å²) in [4.78, 5) is 0. The van der Waals surface area contributed by atoms with Gasteiger partial charge in [0.2, 0.25) is 0 Å². The first-order chi connectivity index (χ1) is 10.4. The van der Waals surface area contributed by atoms with Gasteiger partial charge in [-0.3, -0.25) is 0 Å². The Bertz CT molecular complexity index is 421. The Kier molecular flexibility index (Phi) is 44.8. The Morgan fingerprint density at radius 2 is 0.840 bits per heavy atom. The molecule has 0 aliphatic carbocycles. The van der Waals surface area contributed by atoms with E-state index in [2.05, 4.69) is 17.9 Å². The molecule has 0 amide bonds. The molecule has 3 rings (SSSR count). The molecule has 0 unspecified atom stereocenters. The fourth-order valence-corrected chi connectivity index (χ4v) is 1.14. The van der Waals surface area contributed by atoms with Gasteiger partial charge in [-0.05, 0) is 19.2 Å². The van der Waals surface area contributed by atoms with E-state index in [1.165, 1.54) is 7.05 Å². The van der Waals surface area contributed by atoms with Crippen LogP contribution in [0.2, 0.25) is 0 Å². The summed E-state index contributed by atoms with van der Waals surface area (Å²) in [5.74, 6) is 0. The van der Waals surface area contributed by atoms with Crippen LogP contribution in [-0.2, 0) is 65.4 Å². The average molecular weight is 486 g/mol. The Morgan fingerprint density at radius 1 is 0.560 bits per heavy atom. The van der Waals surface area contributed by atoms with Crippen LogP contribution in [-0.4, -0.2) is 7.05 Å². The molecule has 0 spiro atoms. The van der Waals surface area contributed by atoms with Crippen molar-refractivity contribution in [3.63, 3.8) is 0 Å². The molecule has 0 aliphatic rings. The maximum Gasteiger partial charge on any atom is 0.0313 e. The number of anilines is 1. The van der Waals surface area contributed by atoms with Gasteiger partial charge in [-0.15, -0.1) is 0 Å². The van der Waals surface area contributed by atoms with Crippen LogP contribution < -0.4 is 11.5 Å². The smallest absolute Gasteiger partial charge is 0.0313 e. The summed E-state index contributed by atoms with van der Waals surface area (Å²) in [5, 5.41) is 0. The number of nitrogens with two attached hydrogens (primary N) is 2. The van der Waals surface area contributed by atoms with Crippen LogP contribution in [0.5, 0.6) is 0 Å². The van der Waals surface area contributed by atoms with E-state index in [1.807, 2.05) is 91.0 Å². The molecule has 4 heteroatoms. The zero-order valence-electron chi connectivity index (χ0n) is 15.5. The second kappa shape index (κ2) is 31.4. The number of benzene rings is 3. The fraction of sp³-hybridized carbons (Fsp3) is 0.0476. The van der Waals surface area contributed by atoms with Crippen molar-refractivity contribution >= 4 is 5.69 Å². The van der Waals surface area contributed by atoms with Gasteiger partial charge in [-0.2, -0.15) is 72.8 Å². The van der Waals surface area contributed by atoms with E-state index in [1.54, 1.807) is 0 Å². The molecule has 0 aliphatic heterocycles. The van der Waals surface area contributed by atoms with Gasteiger partial charge in [0.25, 0.3) is 0 Å². The molecule has 132 valence electrons. The zero-order chi connectivity index (χ0) is 15.6. The van der Waals surface area contributed by atoms with Crippen LogP contribution in [0.3, 0.4) is 0 Å². The second-order valence-electron chi connectivity index (χ2n) is 3.57. The van der Waals surface area contributed by atoms with Gasteiger partial charge >= 0.3 is 0 Å². The first kappa shape index (κ1) is 35.7. The Labute approximate surface area is 205 Å². The molecular formula is C21H28N2Y2-4. The molecule has 0 saturated carbocycles. The molecule has 4 N–H and O–H groups in total. The number of hydrogen-bond donors (Lipinski definition) is 2. The van der Waals surface area contributed by atoms with Gasteiger partial charge in [0.05, 0.1) is 0 Å². The molecular weight excluding hydrogens is 458 g/mol. The fourth-order valence-electron chi connectivity index (χ4n) is 1.14. The largest absolute Gasteiger partial charge is 0.399 e. The van der Waals surface area contributed by atoms with Crippen LogP contribution in [0.15, 0.2) is 91.0 Å². The van der Waals surface area contributed by atoms with Crippen molar-refractivity contribution in [2.75, 3.05) is 12.8 Å². The molecule has 2 nitrogen and oxygen atoms in total. The summed E-state index contributed by atoms with van der Waals surface area (Å²) in [7, 11) is 1.50. The van der Waals surface area contributed by atoms with E-state index in [4.69, 9.17) is 5.73 Å². The Hall–Kier alpha value is -0.372. The molecule has 0 fully saturated rings. The first-order valence-corrected chi connectivity index (χ1v) is 6.60. The predicted octanol–water partition coefficient (Wildman–Crippen LogP) is 4.71. The van der Waals surface area contributed by atoms with E-state index in [-0.39, 0.29) is 80.3 Å². The topological polar surface area (TPSA) is 52.0 Å². The Balaban J connectivity index is -0.0000000709. The quantitative estimate of drug-likeness (QED) is 0.357. The third-order valence-corrected chi connectivity index (χ3v) is 2.01. The number of hydrogen-bond acceptors (Lipinski definition) is 2. The molecule has 3 aromatic carbocycles. The first-order valence-electron chi connectivity index (χ1n) is 6.60. The van der Waals surface area contributed by atoms with Crippen molar-refractivity contribution in [1.29, 1.82) is 0 Å². The average Bonchev–Trinajstić information content (AvgIpc) is 2.62. The third-order valence-electron chi connectivity index (χ3n) is 2.01. The summed E-state index contributed by atoms with van der Waals surface area (Å²) >= 11 is 0. The number of para-hydroxylation sites is 1. The van der Waals surface area contributed by atoms with Crippen molar-refractivity contribution in [2.45, 2.75) is 0 Å². The zero-order valence-corrected chi connectivity index (χ0v) is 21.1. The monoisotopic (exact) mass is 486 g/mol.